The molecule has 1 unspecified atom stereocenters. The van der Waals surface area contributed by atoms with Crippen molar-refractivity contribution in [2.24, 2.45) is 29.2 Å². The van der Waals surface area contributed by atoms with Crippen LogP contribution >= 0.6 is 0 Å². The summed E-state index contributed by atoms with van der Waals surface area (Å²) >= 11 is 0. The summed E-state index contributed by atoms with van der Waals surface area (Å²) in [5.74, 6) is 11.6. The zero-order valence-corrected chi connectivity index (χ0v) is 56.5. The first-order valence-corrected chi connectivity index (χ1v) is 31.6. The molecular formula is C74H81F3N8O13. The van der Waals surface area contributed by atoms with Crippen molar-refractivity contribution >= 4 is 35.5 Å². The highest BCUT2D eigenvalue weighted by molar-refractivity contribution is 5.95. The average molecular weight is 1350 g/mol. The van der Waals surface area contributed by atoms with Crippen LogP contribution in [-0.2, 0) is 52.6 Å². The van der Waals surface area contributed by atoms with Gasteiger partial charge in [0, 0.05) is 135 Å². The Morgan fingerprint density at radius 2 is 0.786 bits per heavy atom. The first-order chi connectivity index (χ1) is 46.5. The number of primary amides is 2. The highest BCUT2D eigenvalue weighted by Gasteiger charge is 2.44. The molecule has 9 rings (SSSR count). The van der Waals surface area contributed by atoms with Gasteiger partial charge in [0.05, 0.1) is 23.7 Å². The Morgan fingerprint density at radius 3 is 1.04 bits per heavy atom. The van der Waals surface area contributed by atoms with Crippen molar-refractivity contribution in [1.82, 2.24) is 29.7 Å². The van der Waals surface area contributed by atoms with Crippen LogP contribution in [-0.4, -0.2) is 186 Å². The van der Waals surface area contributed by atoms with Crippen molar-refractivity contribution in [2.45, 2.75) is 83.0 Å². The van der Waals surface area contributed by atoms with Crippen LogP contribution in [0.2, 0.25) is 0 Å². The number of halogens is 3. The number of aromatic nitrogens is 3. The first-order valence-electron chi connectivity index (χ1n) is 31.6. The summed E-state index contributed by atoms with van der Waals surface area (Å²) in [5, 5.41) is 31.4. The number of esters is 1. The lowest BCUT2D eigenvalue weighted by atomic mass is 9.98. The third-order valence-corrected chi connectivity index (χ3v) is 16.4. The number of carbonyl (C=O) groups is 6. The molecular weight excluding hydrogens is 1270 g/mol. The molecule has 3 aliphatic rings. The molecule has 3 fully saturated rings. The van der Waals surface area contributed by atoms with Crippen LogP contribution in [0.1, 0.15) is 112 Å². The molecule has 0 radical (unpaired) electrons. The Hall–Kier alpha value is -9.84. The molecule has 98 heavy (non-hydrogen) atoms. The zero-order valence-electron chi connectivity index (χ0n) is 56.5. The monoisotopic (exact) mass is 1350 g/mol. The SMILES string of the molecule is CCOC(=O)c1nc(-c2cc(C#C[C@]3(O)CCN(C)C3=O)ccc2F)ccc1CC(C)COC.COC[C@@H](C)Cc1ccc(-c2cc(C#C[C@]3(O)CCN(C)C3=O)ccc2F)nc1C(N)=O.COC[C@H](C)Cc1ccc(-c2cc(C#C[C@]3(O)CCN(C)C3=O)ccc2F)nc1C(N)=O. The Balaban J connectivity index is 0.000000207. The molecule has 3 aliphatic heterocycles. The number of nitrogens with two attached hydrogens (primary N) is 2. The van der Waals surface area contributed by atoms with Gasteiger partial charge < -0.3 is 60.4 Å². The van der Waals surface area contributed by atoms with Crippen molar-refractivity contribution < 1.29 is 76.2 Å². The Labute approximate surface area is 568 Å². The van der Waals surface area contributed by atoms with E-state index in [2.05, 4.69) is 50.5 Å². The summed E-state index contributed by atoms with van der Waals surface area (Å²) in [6.07, 6.45) is 2.23. The van der Waals surface area contributed by atoms with Crippen LogP contribution in [0.5, 0.6) is 0 Å². The van der Waals surface area contributed by atoms with Crippen molar-refractivity contribution in [3.05, 3.63) is 159 Å². The summed E-state index contributed by atoms with van der Waals surface area (Å²) in [5.41, 5.74) is 10.4. The Morgan fingerprint density at radius 1 is 0.500 bits per heavy atom. The molecule has 6 heterocycles. The maximum Gasteiger partial charge on any atom is 0.357 e. The number of hydrogen-bond acceptors (Lipinski definition) is 16. The predicted molar refractivity (Wildman–Crippen MR) is 358 cm³/mol. The molecule has 6 aromatic rings. The number of benzene rings is 3. The predicted octanol–water partition coefficient (Wildman–Crippen LogP) is 6.35. The number of likely N-dealkylation sites (N-methyl/N-ethyl adjacent to an activating group) is 3. The molecule has 0 spiro atoms. The number of carbonyl (C=O) groups excluding carboxylic acids is 6. The molecule has 21 nitrogen and oxygen atoms in total. The van der Waals surface area contributed by atoms with Gasteiger partial charge in [-0.05, 0) is 133 Å². The topological polar surface area (TPSA) is 300 Å². The number of aliphatic hydroxyl groups is 3. The molecule has 24 heteroatoms. The molecule has 3 aromatic heterocycles. The lowest BCUT2D eigenvalue weighted by Crippen LogP contribution is -2.37. The molecule has 7 N–H and O–H groups in total. The van der Waals surface area contributed by atoms with E-state index in [0.29, 0.717) is 92.1 Å². The Bertz CT molecular complexity index is 4020. The molecule has 5 amide bonds. The molecule has 0 bridgehead atoms. The highest BCUT2D eigenvalue weighted by atomic mass is 19.1. The van der Waals surface area contributed by atoms with Gasteiger partial charge in [0.25, 0.3) is 29.5 Å². The maximum absolute atomic E-state index is 14.7. The summed E-state index contributed by atoms with van der Waals surface area (Å²) in [6, 6.07) is 22.6. The van der Waals surface area contributed by atoms with E-state index in [1.165, 1.54) is 69.3 Å². The lowest BCUT2D eigenvalue weighted by molar-refractivity contribution is -0.138. The standard InChI is InChI=1S/C26H29FN2O5.2C24H26FN3O4/c1-5-34-24(30)23-19(14-17(2)16-33-4)7-9-22(28-23)20-15-18(6-8-21(20)27)10-11-26(32)12-13-29(3)25(26)31;2*1-15(14-32-3)12-17-5-7-20(27-21(17)22(26)29)18-13-16(4-6-19(18)25)8-9-24(31)10-11-28(2)23(24)30/h6-9,15,17,32H,5,12-14,16H2,1-4H3;2*4-7,13,15,31H,10-12,14H2,1-3H3,(H2,26,29)/t17?,26-;15-,24+;15-,24-/m010/s1. The molecule has 3 saturated heterocycles. The molecule has 0 aliphatic carbocycles. The van der Waals surface area contributed by atoms with E-state index in [1.807, 2.05) is 20.8 Å². The minimum atomic E-state index is -1.75. The molecule has 516 valence electrons. The summed E-state index contributed by atoms with van der Waals surface area (Å²) < 4.78 is 64.6. The van der Waals surface area contributed by atoms with Crippen molar-refractivity contribution in [3.63, 3.8) is 0 Å². The summed E-state index contributed by atoms with van der Waals surface area (Å²) in [7, 11) is 9.61. The number of methoxy groups -OCH3 is 3. The number of ether oxygens (including phenoxy) is 4. The second kappa shape index (κ2) is 33.4. The molecule has 3 aromatic carbocycles. The largest absolute Gasteiger partial charge is 0.461 e. The van der Waals surface area contributed by atoms with Gasteiger partial charge in [-0.2, -0.15) is 0 Å². The minimum Gasteiger partial charge on any atom is -0.461 e. The van der Waals surface area contributed by atoms with Crippen LogP contribution in [0, 0.1) is 70.7 Å². The minimum absolute atomic E-state index is 0.0789. The van der Waals surface area contributed by atoms with E-state index in [4.69, 9.17) is 30.4 Å². The van der Waals surface area contributed by atoms with Gasteiger partial charge in [0.1, 0.15) is 28.8 Å². The fraction of sp³-hybridized carbons (Fsp3) is 0.392. The normalized spacial score (nSPS) is 18.7. The number of nitrogens with zero attached hydrogens (tertiary/aromatic N) is 6. The third-order valence-electron chi connectivity index (χ3n) is 16.4. The van der Waals surface area contributed by atoms with Gasteiger partial charge in [-0.3, -0.25) is 24.0 Å². The van der Waals surface area contributed by atoms with Crippen LogP contribution in [0.15, 0.2) is 91.0 Å². The first kappa shape index (κ1) is 75.5. The average Bonchev–Trinajstić information content (AvgIpc) is 0.843. The molecule has 0 saturated carbocycles. The summed E-state index contributed by atoms with van der Waals surface area (Å²) in [6.45, 7) is 10.6. The second-order valence-corrected chi connectivity index (χ2v) is 24.7. The number of pyridine rings is 3. The van der Waals surface area contributed by atoms with E-state index in [1.54, 1.807) is 85.8 Å². The number of rotatable bonds is 19. The smallest absolute Gasteiger partial charge is 0.357 e. The molecule has 6 atom stereocenters. The van der Waals surface area contributed by atoms with Gasteiger partial charge in [-0.15, -0.1) is 0 Å². The van der Waals surface area contributed by atoms with Crippen LogP contribution in [0.25, 0.3) is 33.8 Å². The van der Waals surface area contributed by atoms with Gasteiger partial charge >= 0.3 is 5.97 Å². The van der Waals surface area contributed by atoms with Gasteiger partial charge in [-0.1, -0.05) is 74.5 Å². The third kappa shape index (κ3) is 18.8. The maximum atomic E-state index is 14.7. The zero-order chi connectivity index (χ0) is 71.8. The fourth-order valence-corrected chi connectivity index (χ4v) is 11.2. The van der Waals surface area contributed by atoms with Crippen LogP contribution in [0.4, 0.5) is 13.2 Å². The summed E-state index contributed by atoms with van der Waals surface area (Å²) in [4.78, 5) is 90.2. The van der Waals surface area contributed by atoms with Crippen molar-refractivity contribution in [1.29, 1.82) is 0 Å². The number of amides is 5. The van der Waals surface area contributed by atoms with Crippen molar-refractivity contribution in [2.75, 3.05) is 88.5 Å². The van der Waals surface area contributed by atoms with Gasteiger partial charge in [0.2, 0.25) is 16.8 Å². The Kier molecular flexibility index (Phi) is 25.8. The lowest BCUT2D eigenvalue weighted by Gasteiger charge is -2.14. The van der Waals surface area contributed by atoms with Gasteiger partial charge in [0.15, 0.2) is 5.69 Å². The van der Waals surface area contributed by atoms with Crippen molar-refractivity contribution in [3.8, 4) is 69.3 Å². The van der Waals surface area contributed by atoms with E-state index < -0.39 is 69.8 Å². The number of hydrogen-bond donors (Lipinski definition) is 5. The van der Waals surface area contributed by atoms with E-state index >= 15 is 0 Å². The van der Waals surface area contributed by atoms with Gasteiger partial charge in [-0.25, -0.2) is 32.9 Å². The van der Waals surface area contributed by atoms with E-state index in [-0.39, 0.29) is 94.5 Å². The van der Waals surface area contributed by atoms with E-state index in [9.17, 15) is 57.3 Å². The quantitative estimate of drug-likeness (QED) is 0.0436. The highest BCUT2D eigenvalue weighted by Crippen LogP contribution is 2.31. The second-order valence-electron chi connectivity index (χ2n) is 24.7. The van der Waals surface area contributed by atoms with Crippen LogP contribution < -0.4 is 11.5 Å². The van der Waals surface area contributed by atoms with E-state index in [0.717, 1.165) is 0 Å². The number of likely N-dealkylation sites (tertiary alicyclic amines) is 3. The van der Waals surface area contributed by atoms with Crippen LogP contribution in [0.3, 0.4) is 0 Å². The fourth-order valence-electron chi connectivity index (χ4n) is 11.2.